The summed E-state index contributed by atoms with van der Waals surface area (Å²) in [6, 6.07) is 13.9. The van der Waals surface area contributed by atoms with E-state index in [1.165, 1.54) is 0 Å². The van der Waals surface area contributed by atoms with Gasteiger partial charge in [-0.1, -0.05) is 37.3 Å². The molecule has 0 saturated heterocycles. The lowest BCUT2D eigenvalue weighted by atomic mass is 9.97. The van der Waals surface area contributed by atoms with E-state index in [1.54, 1.807) is 0 Å². The van der Waals surface area contributed by atoms with Gasteiger partial charge in [0.15, 0.2) is 5.78 Å². The zero-order valence-corrected chi connectivity index (χ0v) is 13.0. The van der Waals surface area contributed by atoms with E-state index in [0.29, 0.717) is 13.0 Å². The Hall–Kier alpha value is -2.09. The molecule has 0 aliphatic rings. The lowest BCUT2D eigenvalue weighted by Crippen LogP contribution is -2.05. The van der Waals surface area contributed by atoms with Crippen LogP contribution in [-0.4, -0.2) is 5.78 Å². The molecule has 0 spiro atoms. The smallest absolute Gasteiger partial charge is 0.163 e. The molecule has 2 aromatic carbocycles. The third-order valence-electron chi connectivity index (χ3n) is 3.75. The SMILES string of the molecule is CCCC(=O)c1ccc(OCc2ccccc2)c(C)c1C. The summed E-state index contributed by atoms with van der Waals surface area (Å²) in [5.74, 6) is 1.07. The summed E-state index contributed by atoms with van der Waals surface area (Å²) < 4.78 is 5.89. The second kappa shape index (κ2) is 7.07. The molecule has 2 aromatic rings. The second-order valence-electron chi connectivity index (χ2n) is 5.31. The van der Waals surface area contributed by atoms with Crippen LogP contribution >= 0.6 is 0 Å². The van der Waals surface area contributed by atoms with E-state index in [0.717, 1.165) is 34.4 Å². The molecule has 0 aromatic heterocycles. The van der Waals surface area contributed by atoms with Gasteiger partial charge in [-0.15, -0.1) is 0 Å². The fourth-order valence-corrected chi connectivity index (χ4v) is 2.35. The van der Waals surface area contributed by atoms with Gasteiger partial charge in [0.1, 0.15) is 12.4 Å². The molecule has 21 heavy (non-hydrogen) atoms. The van der Waals surface area contributed by atoms with Crippen molar-refractivity contribution < 1.29 is 9.53 Å². The van der Waals surface area contributed by atoms with Gasteiger partial charge in [-0.3, -0.25) is 4.79 Å². The maximum Gasteiger partial charge on any atom is 0.163 e. The van der Waals surface area contributed by atoms with Gasteiger partial charge in [0.25, 0.3) is 0 Å². The van der Waals surface area contributed by atoms with Gasteiger partial charge < -0.3 is 4.74 Å². The predicted molar refractivity (Wildman–Crippen MR) is 85.9 cm³/mol. The zero-order chi connectivity index (χ0) is 15.2. The minimum atomic E-state index is 0.215. The number of carbonyl (C=O) groups is 1. The third-order valence-corrected chi connectivity index (χ3v) is 3.75. The summed E-state index contributed by atoms with van der Waals surface area (Å²) in [6.45, 7) is 6.58. The Morgan fingerprint density at radius 1 is 1.00 bits per heavy atom. The van der Waals surface area contributed by atoms with Gasteiger partial charge in [-0.05, 0) is 49.1 Å². The first-order valence-electron chi connectivity index (χ1n) is 7.43. The van der Waals surface area contributed by atoms with Gasteiger partial charge in [-0.25, -0.2) is 0 Å². The summed E-state index contributed by atoms with van der Waals surface area (Å²) >= 11 is 0. The Labute approximate surface area is 126 Å². The summed E-state index contributed by atoms with van der Waals surface area (Å²) in [5.41, 5.74) is 4.04. The zero-order valence-electron chi connectivity index (χ0n) is 13.0. The average molecular weight is 282 g/mol. The molecular formula is C19H22O2. The molecule has 0 radical (unpaired) electrons. The molecule has 0 bridgehead atoms. The molecule has 0 heterocycles. The summed E-state index contributed by atoms with van der Waals surface area (Å²) in [5, 5.41) is 0. The van der Waals surface area contributed by atoms with Crippen molar-refractivity contribution in [3.05, 3.63) is 64.7 Å². The topological polar surface area (TPSA) is 26.3 Å². The first-order chi connectivity index (χ1) is 10.1. The molecule has 0 N–H and O–H groups in total. The average Bonchev–Trinajstić information content (AvgIpc) is 2.50. The molecule has 0 unspecified atom stereocenters. The minimum absolute atomic E-state index is 0.215. The fraction of sp³-hybridized carbons (Fsp3) is 0.316. The Bertz CT molecular complexity index is 615. The second-order valence-corrected chi connectivity index (χ2v) is 5.31. The van der Waals surface area contributed by atoms with E-state index in [2.05, 4.69) is 0 Å². The Morgan fingerprint density at radius 3 is 2.38 bits per heavy atom. The highest BCUT2D eigenvalue weighted by atomic mass is 16.5. The lowest BCUT2D eigenvalue weighted by molar-refractivity contribution is 0.0981. The number of benzene rings is 2. The van der Waals surface area contributed by atoms with Crippen LogP contribution in [0.5, 0.6) is 5.75 Å². The largest absolute Gasteiger partial charge is 0.489 e. The summed E-state index contributed by atoms with van der Waals surface area (Å²) in [7, 11) is 0. The summed E-state index contributed by atoms with van der Waals surface area (Å²) in [6.07, 6.45) is 1.48. The van der Waals surface area contributed by atoms with Crippen molar-refractivity contribution >= 4 is 5.78 Å². The lowest BCUT2D eigenvalue weighted by Gasteiger charge is -2.14. The van der Waals surface area contributed by atoms with Crippen molar-refractivity contribution in [2.75, 3.05) is 0 Å². The predicted octanol–water partition coefficient (Wildman–Crippen LogP) is 4.87. The molecule has 0 atom stereocenters. The van der Waals surface area contributed by atoms with Gasteiger partial charge in [0.2, 0.25) is 0 Å². The highest BCUT2D eigenvalue weighted by Gasteiger charge is 2.12. The monoisotopic (exact) mass is 282 g/mol. The highest BCUT2D eigenvalue weighted by Crippen LogP contribution is 2.26. The van der Waals surface area contributed by atoms with Crippen LogP contribution in [0.4, 0.5) is 0 Å². The number of ketones is 1. The van der Waals surface area contributed by atoms with E-state index in [9.17, 15) is 4.79 Å². The van der Waals surface area contributed by atoms with Gasteiger partial charge in [0.05, 0.1) is 0 Å². The van der Waals surface area contributed by atoms with Crippen LogP contribution in [0.3, 0.4) is 0 Å². The minimum Gasteiger partial charge on any atom is -0.489 e. The van der Waals surface area contributed by atoms with Crippen LogP contribution in [0.1, 0.15) is 46.8 Å². The van der Waals surface area contributed by atoms with Crippen LogP contribution in [0.25, 0.3) is 0 Å². The summed E-state index contributed by atoms with van der Waals surface area (Å²) in [4.78, 5) is 12.1. The molecule has 0 fully saturated rings. The Kier molecular flexibility index (Phi) is 5.15. The quantitative estimate of drug-likeness (QED) is 0.707. The Balaban J connectivity index is 2.15. The van der Waals surface area contributed by atoms with Crippen LogP contribution in [-0.2, 0) is 6.61 Å². The molecule has 2 nitrogen and oxygen atoms in total. The maximum atomic E-state index is 12.1. The van der Waals surface area contributed by atoms with Crippen molar-refractivity contribution in [3.63, 3.8) is 0 Å². The van der Waals surface area contributed by atoms with Crippen LogP contribution < -0.4 is 4.74 Å². The molecule has 0 aliphatic carbocycles. The van der Waals surface area contributed by atoms with Gasteiger partial charge in [-0.2, -0.15) is 0 Å². The first kappa shape index (κ1) is 15.3. The number of hydrogen-bond acceptors (Lipinski definition) is 2. The van der Waals surface area contributed by atoms with Crippen LogP contribution in [0, 0.1) is 13.8 Å². The molecule has 110 valence electrons. The Morgan fingerprint density at radius 2 is 1.71 bits per heavy atom. The van der Waals surface area contributed by atoms with Crippen LogP contribution in [0.2, 0.25) is 0 Å². The van der Waals surface area contributed by atoms with E-state index in [4.69, 9.17) is 4.74 Å². The van der Waals surface area contributed by atoms with Gasteiger partial charge in [0, 0.05) is 12.0 Å². The van der Waals surface area contributed by atoms with Crippen molar-refractivity contribution in [1.29, 1.82) is 0 Å². The van der Waals surface area contributed by atoms with E-state index in [1.807, 2.05) is 63.2 Å². The molecule has 2 heteroatoms. The number of carbonyl (C=O) groups excluding carboxylic acids is 1. The van der Waals surface area contributed by atoms with Crippen molar-refractivity contribution in [3.8, 4) is 5.75 Å². The van der Waals surface area contributed by atoms with Gasteiger partial charge >= 0.3 is 0 Å². The normalized spacial score (nSPS) is 10.4. The van der Waals surface area contributed by atoms with E-state index < -0.39 is 0 Å². The first-order valence-corrected chi connectivity index (χ1v) is 7.43. The molecule has 0 amide bonds. The molecular weight excluding hydrogens is 260 g/mol. The highest BCUT2D eigenvalue weighted by molar-refractivity contribution is 5.97. The van der Waals surface area contributed by atoms with Crippen molar-refractivity contribution in [2.45, 2.75) is 40.2 Å². The van der Waals surface area contributed by atoms with E-state index in [-0.39, 0.29) is 5.78 Å². The third kappa shape index (κ3) is 3.72. The van der Waals surface area contributed by atoms with Crippen LogP contribution in [0.15, 0.2) is 42.5 Å². The number of rotatable bonds is 6. The molecule has 0 aliphatic heterocycles. The standard InChI is InChI=1S/C19H22O2/c1-4-8-18(20)17-11-12-19(15(3)14(17)2)21-13-16-9-6-5-7-10-16/h5-7,9-12H,4,8,13H2,1-3H3. The van der Waals surface area contributed by atoms with E-state index >= 15 is 0 Å². The molecule has 2 rings (SSSR count). The number of ether oxygens (including phenoxy) is 1. The number of Topliss-reactive ketones (excluding diaryl/α,β-unsaturated/α-hetero) is 1. The van der Waals surface area contributed by atoms with Crippen molar-refractivity contribution in [1.82, 2.24) is 0 Å². The molecule has 0 saturated carbocycles. The maximum absolute atomic E-state index is 12.1. The van der Waals surface area contributed by atoms with Crippen molar-refractivity contribution in [2.24, 2.45) is 0 Å². The fourth-order valence-electron chi connectivity index (χ4n) is 2.35. The number of hydrogen-bond donors (Lipinski definition) is 0.